The number of nitrogens with zero attached hydrogens (tertiary/aromatic N) is 2. The molecular weight excluding hydrogens is 254 g/mol. The molecule has 0 aliphatic heterocycles. The van der Waals surface area contributed by atoms with Crippen molar-refractivity contribution in [2.45, 2.75) is 13.5 Å². The van der Waals surface area contributed by atoms with Gasteiger partial charge in [0.05, 0.1) is 13.2 Å². The van der Waals surface area contributed by atoms with E-state index in [1.165, 1.54) is 13.1 Å². The molecule has 0 saturated carbocycles. The first-order valence-corrected chi connectivity index (χ1v) is 5.62. The maximum atomic E-state index is 11.8. The number of carbonyl (C=O) groups is 2. The molecule has 0 aliphatic rings. The first kappa shape index (κ1) is 14.8. The lowest BCUT2D eigenvalue weighted by atomic mass is 10.3. The van der Waals surface area contributed by atoms with E-state index in [2.05, 4.69) is 4.98 Å². The second-order valence-corrected chi connectivity index (χ2v) is 3.93. The maximum Gasteiger partial charge on any atom is 0.328 e. The third-order valence-corrected chi connectivity index (χ3v) is 2.51. The summed E-state index contributed by atoms with van der Waals surface area (Å²) in [6.45, 7) is 0.782. The highest BCUT2D eigenvalue weighted by molar-refractivity contribution is 5.78. The molecule has 1 heterocycles. The Balaban J connectivity index is 2.92. The number of aromatic amines is 1. The number of aliphatic hydroxyl groups excluding tert-OH is 1. The molecule has 0 aromatic carbocycles. The highest BCUT2D eigenvalue weighted by Crippen LogP contribution is 1.92. The van der Waals surface area contributed by atoms with Crippen LogP contribution in [-0.2, 0) is 16.1 Å². The standard InChI is InChI=1S/C11H15N3O5/c1-8-6-14(11(19)12-10(8)18)7-9(17)13(2-4-15)3-5-16/h4,6,16H,2-3,5,7H2,1H3,(H,12,18,19). The summed E-state index contributed by atoms with van der Waals surface area (Å²) >= 11 is 0. The van der Waals surface area contributed by atoms with Gasteiger partial charge < -0.3 is 14.8 Å². The molecule has 8 heteroatoms. The Bertz CT molecular complexity index is 574. The van der Waals surface area contributed by atoms with Crippen LogP contribution in [0.3, 0.4) is 0 Å². The Morgan fingerprint density at radius 1 is 1.53 bits per heavy atom. The summed E-state index contributed by atoms with van der Waals surface area (Å²) < 4.78 is 1.05. The monoisotopic (exact) mass is 269 g/mol. The van der Waals surface area contributed by atoms with Crippen LogP contribution in [0.2, 0.25) is 0 Å². The molecule has 8 nitrogen and oxygen atoms in total. The lowest BCUT2D eigenvalue weighted by molar-refractivity contribution is -0.134. The molecular formula is C11H15N3O5. The fraction of sp³-hybridized carbons (Fsp3) is 0.455. The van der Waals surface area contributed by atoms with Crippen LogP contribution in [0.25, 0.3) is 0 Å². The summed E-state index contributed by atoms with van der Waals surface area (Å²) in [7, 11) is 0. The smallest absolute Gasteiger partial charge is 0.328 e. The predicted molar refractivity (Wildman–Crippen MR) is 65.8 cm³/mol. The number of aryl methyl sites for hydroxylation is 1. The molecule has 2 N–H and O–H groups in total. The van der Waals surface area contributed by atoms with Gasteiger partial charge in [0.1, 0.15) is 12.8 Å². The first-order valence-electron chi connectivity index (χ1n) is 5.62. The second kappa shape index (κ2) is 6.64. The largest absolute Gasteiger partial charge is 0.395 e. The van der Waals surface area contributed by atoms with Crippen LogP contribution in [0.5, 0.6) is 0 Å². The van der Waals surface area contributed by atoms with Gasteiger partial charge in [-0.05, 0) is 6.92 Å². The van der Waals surface area contributed by atoms with Crippen molar-refractivity contribution in [1.29, 1.82) is 0 Å². The van der Waals surface area contributed by atoms with Crippen molar-refractivity contribution >= 4 is 12.2 Å². The third kappa shape index (κ3) is 3.88. The zero-order chi connectivity index (χ0) is 14.4. The number of H-pyrrole nitrogens is 1. The Kier molecular flexibility index (Phi) is 5.19. The fourth-order valence-corrected chi connectivity index (χ4v) is 1.51. The molecule has 0 radical (unpaired) electrons. The van der Waals surface area contributed by atoms with Crippen molar-refractivity contribution < 1.29 is 14.7 Å². The van der Waals surface area contributed by atoms with Crippen molar-refractivity contribution in [2.75, 3.05) is 19.7 Å². The Morgan fingerprint density at radius 3 is 2.79 bits per heavy atom. The van der Waals surface area contributed by atoms with Gasteiger partial charge in [0, 0.05) is 18.3 Å². The van der Waals surface area contributed by atoms with Crippen molar-refractivity contribution in [3.8, 4) is 0 Å². The number of nitrogens with one attached hydrogen (secondary N) is 1. The molecule has 1 aromatic rings. The fourth-order valence-electron chi connectivity index (χ4n) is 1.51. The minimum atomic E-state index is -0.695. The minimum absolute atomic E-state index is 0.00859. The number of amides is 1. The van der Waals surface area contributed by atoms with E-state index in [1.54, 1.807) is 0 Å². The van der Waals surface area contributed by atoms with E-state index in [4.69, 9.17) is 5.11 Å². The molecule has 0 unspecified atom stereocenters. The van der Waals surface area contributed by atoms with E-state index in [-0.39, 0.29) is 26.2 Å². The number of hydrogen-bond acceptors (Lipinski definition) is 5. The summed E-state index contributed by atoms with van der Waals surface area (Å²) in [5, 5.41) is 8.79. The molecule has 0 fully saturated rings. The molecule has 0 spiro atoms. The second-order valence-electron chi connectivity index (χ2n) is 3.93. The molecule has 104 valence electrons. The summed E-state index contributed by atoms with van der Waals surface area (Å²) in [5.41, 5.74) is -0.899. The molecule has 0 atom stereocenters. The van der Waals surface area contributed by atoms with Gasteiger partial charge in [-0.1, -0.05) is 0 Å². The third-order valence-electron chi connectivity index (χ3n) is 2.51. The molecule has 0 saturated heterocycles. The first-order chi connectivity index (χ1) is 8.99. The van der Waals surface area contributed by atoms with E-state index in [9.17, 15) is 19.2 Å². The summed E-state index contributed by atoms with van der Waals surface area (Å²) in [6.07, 6.45) is 1.81. The zero-order valence-electron chi connectivity index (χ0n) is 10.5. The molecule has 19 heavy (non-hydrogen) atoms. The van der Waals surface area contributed by atoms with E-state index in [0.717, 1.165) is 9.47 Å². The van der Waals surface area contributed by atoms with Crippen LogP contribution < -0.4 is 11.2 Å². The SMILES string of the molecule is Cc1cn(CC(=O)N(CC=O)CCO)c(=O)[nH]c1=O. The Labute approximate surface area is 108 Å². The number of aliphatic hydroxyl groups is 1. The van der Waals surface area contributed by atoms with E-state index >= 15 is 0 Å². The summed E-state index contributed by atoms with van der Waals surface area (Å²) in [6, 6.07) is 0. The lowest BCUT2D eigenvalue weighted by Crippen LogP contribution is -2.40. The molecule has 1 amide bonds. The normalized spacial score (nSPS) is 10.2. The van der Waals surface area contributed by atoms with Crippen molar-refractivity contribution in [1.82, 2.24) is 14.5 Å². The number of aldehydes is 1. The minimum Gasteiger partial charge on any atom is -0.395 e. The summed E-state index contributed by atoms with van der Waals surface area (Å²) in [4.78, 5) is 48.1. The Hall–Kier alpha value is -2.22. The van der Waals surface area contributed by atoms with Crippen molar-refractivity contribution in [3.05, 3.63) is 32.6 Å². The number of carbonyl (C=O) groups excluding carboxylic acids is 2. The van der Waals surface area contributed by atoms with Gasteiger partial charge in [-0.25, -0.2) is 4.79 Å². The van der Waals surface area contributed by atoms with E-state index in [0.29, 0.717) is 11.8 Å². The van der Waals surface area contributed by atoms with Gasteiger partial charge in [0.25, 0.3) is 5.56 Å². The molecule has 0 bridgehead atoms. The average Bonchev–Trinajstić information content (AvgIpc) is 2.35. The van der Waals surface area contributed by atoms with Crippen LogP contribution in [-0.4, -0.2) is 51.4 Å². The van der Waals surface area contributed by atoms with Gasteiger partial charge >= 0.3 is 5.69 Å². The number of rotatable bonds is 6. The molecule has 0 aliphatic carbocycles. The van der Waals surface area contributed by atoms with Crippen LogP contribution in [0, 0.1) is 6.92 Å². The highest BCUT2D eigenvalue weighted by Gasteiger charge is 2.14. The molecule has 1 aromatic heterocycles. The predicted octanol–water partition coefficient (Wildman–Crippen LogP) is -2.14. The van der Waals surface area contributed by atoms with Gasteiger partial charge in [0.15, 0.2) is 0 Å². The zero-order valence-corrected chi connectivity index (χ0v) is 10.5. The van der Waals surface area contributed by atoms with Crippen molar-refractivity contribution in [3.63, 3.8) is 0 Å². The van der Waals surface area contributed by atoms with Gasteiger partial charge in [-0.3, -0.25) is 19.1 Å². The molecule has 1 rings (SSSR count). The van der Waals surface area contributed by atoms with E-state index in [1.807, 2.05) is 0 Å². The van der Waals surface area contributed by atoms with E-state index < -0.39 is 17.2 Å². The maximum absolute atomic E-state index is 11.8. The number of hydrogen-bond donors (Lipinski definition) is 2. The lowest BCUT2D eigenvalue weighted by Gasteiger charge is -2.19. The van der Waals surface area contributed by atoms with Gasteiger partial charge in [-0.2, -0.15) is 0 Å². The topological polar surface area (TPSA) is 112 Å². The van der Waals surface area contributed by atoms with Crippen LogP contribution >= 0.6 is 0 Å². The van der Waals surface area contributed by atoms with Crippen LogP contribution in [0.1, 0.15) is 5.56 Å². The van der Waals surface area contributed by atoms with Crippen molar-refractivity contribution in [2.24, 2.45) is 0 Å². The number of aromatic nitrogens is 2. The average molecular weight is 269 g/mol. The van der Waals surface area contributed by atoms with Crippen LogP contribution in [0.4, 0.5) is 0 Å². The Morgan fingerprint density at radius 2 is 2.21 bits per heavy atom. The highest BCUT2D eigenvalue weighted by atomic mass is 16.3. The van der Waals surface area contributed by atoms with Crippen LogP contribution in [0.15, 0.2) is 15.8 Å². The van der Waals surface area contributed by atoms with Gasteiger partial charge in [0.2, 0.25) is 5.91 Å². The quantitative estimate of drug-likeness (QED) is 0.572. The summed E-state index contributed by atoms with van der Waals surface area (Å²) in [5.74, 6) is -0.491. The van der Waals surface area contributed by atoms with Gasteiger partial charge in [-0.15, -0.1) is 0 Å².